The number of aliphatic hydroxyl groups excluding tert-OH is 1. The molecule has 0 spiro atoms. The van der Waals surface area contributed by atoms with E-state index in [4.69, 9.17) is 26.8 Å². The molecule has 0 unspecified atom stereocenters. The maximum atomic E-state index is 14.7. The molecule has 10 heteroatoms. The average Bonchev–Trinajstić information content (AvgIpc) is 2.73. The van der Waals surface area contributed by atoms with Crippen LogP contribution in [0, 0.1) is 0 Å². The predicted molar refractivity (Wildman–Crippen MR) is 74.0 cm³/mol. The number of nitrogen functional groups attached to an aromatic ring is 1. The Labute approximate surface area is 129 Å². The van der Waals surface area contributed by atoms with Gasteiger partial charge in [-0.25, -0.2) is 9.18 Å². The highest BCUT2D eigenvalue weighted by Crippen LogP contribution is 2.41. The molecule has 22 heavy (non-hydrogen) atoms. The summed E-state index contributed by atoms with van der Waals surface area (Å²) in [6.45, 7) is 0.399. The average molecular weight is 336 g/mol. The first-order chi connectivity index (χ1) is 10.3. The number of carbonyl (C=O) groups is 1. The molecule has 2 heterocycles. The normalized spacial score (nSPS) is 31.2. The van der Waals surface area contributed by atoms with Crippen LogP contribution >= 0.6 is 11.6 Å². The van der Waals surface area contributed by atoms with Crippen molar-refractivity contribution in [3.63, 3.8) is 0 Å². The van der Waals surface area contributed by atoms with Crippen LogP contribution in [-0.4, -0.2) is 51.0 Å². The molecule has 1 saturated heterocycles. The molecule has 1 aromatic heterocycles. The van der Waals surface area contributed by atoms with Gasteiger partial charge in [-0.1, -0.05) is 0 Å². The Balaban J connectivity index is 2.42. The predicted octanol–water partition coefficient (Wildman–Crippen LogP) is -0.406. The maximum Gasteiger partial charge on any atom is 0.351 e. The number of esters is 1. The SMILES string of the molecule is CC(=O)O[C@H]1[C@@H](F)[C@H](n2ccc(N)nc2=O)O[C@@]1(CO)CCl. The monoisotopic (exact) mass is 335 g/mol. The van der Waals surface area contributed by atoms with Crippen LogP contribution in [0.2, 0.25) is 0 Å². The van der Waals surface area contributed by atoms with Gasteiger partial charge in [-0.3, -0.25) is 9.36 Å². The fraction of sp³-hybridized carbons (Fsp3) is 0.583. The highest BCUT2D eigenvalue weighted by Gasteiger charge is 2.58. The molecule has 0 aromatic carbocycles. The topological polar surface area (TPSA) is 117 Å². The zero-order chi connectivity index (χ0) is 16.5. The van der Waals surface area contributed by atoms with Crippen LogP contribution < -0.4 is 11.4 Å². The van der Waals surface area contributed by atoms with Gasteiger partial charge >= 0.3 is 11.7 Å². The molecule has 1 aromatic rings. The van der Waals surface area contributed by atoms with E-state index in [-0.39, 0.29) is 11.7 Å². The molecule has 4 atom stereocenters. The van der Waals surface area contributed by atoms with Gasteiger partial charge in [0.05, 0.1) is 12.5 Å². The number of alkyl halides is 2. The number of aromatic nitrogens is 2. The van der Waals surface area contributed by atoms with Crippen LogP contribution in [0.4, 0.5) is 10.2 Å². The lowest BCUT2D eigenvalue weighted by Gasteiger charge is -2.29. The molecule has 3 N–H and O–H groups in total. The van der Waals surface area contributed by atoms with Gasteiger partial charge in [-0.05, 0) is 6.07 Å². The first-order valence-corrected chi connectivity index (χ1v) is 6.88. The van der Waals surface area contributed by atoms with Crippen LogP contribution in [0.3, 0.4) is 0 Å². The number of nitrogens with zero attached hydrogens (tertiary/aromatic N) is 2. The van der Waals surface area contributed by atoms with E-state index in [1.807, 2.05) is 0 Å². The van der Waals surface area contributed by atoms with Crippen molar-refractivity contribution >= 4 is 23.4 Å². The van der Waals surface area contributed by atoms with E-state index in [1.54, 1.807) is 0 Å². The van der Waals surface area contributed by atoms with Crippen LogP contribution in [0.1, 0.15) is 13.2 Å². The van der Waals surface area contributed by atoms with E-state index in [9.17, 15) is 19.1 Å². The van der Waals surface area contributed by atoms with Crippen molar-refractivity contribution in [2.24, 2.45) is 0 Å². The number of rotatable bonds is 4. The Bertz CT molecular complexity index is 621. The smallest absolute Gasteiger partial charge is 0.351 e. The van der Waals surface area contributed by atoms with Crippen molar-refractivity contribution < 1.29 is 23.8 Å². The van der Waals surface area contributed by atoms with Gasteiger partial charge in [-0.15, -0.1) is 11.6 Å². The lowest BCUT2D eigenvalue weighted by Crippen LogP contribution is -2.49. The Hall–Kier alpha value is -1.71. The number of anilines is 1. The fourth-order valence-corrected chi connectivity index (χ4v) is 2.57. The van der Waals surface area contributed by atoms with Gasteiger partial charge < -0.3 is 20.3 Å². The minimum absolute atomic E-state index is 0.0306. The van der Waals surface area contributed by atoms with Gasteiger partial charge in [0, 0.05) is 13.1 Å². The lowest BCUT2D eigenvalue weighted by atomic mass is 9.98. The summed E-state index contributed by atoms with van der Waals surface area (Å²) < 4.78 is 25.8. The van der Waals surface area contributed by atoms with Crippen LogP contribution in [-0.2, 0) is 14.3 Å². The first kappa shape index (κ1) is 16.7. The summed E-state index contributed by atoms with van der Waals surface area (Å²) in [6.07, 6.45) is -3.62. The Kier molecular flexibility index (Phi) is 4.69. The van der Waals surface area contributed by atoms with Gasteiger partial charge in [-0.2, -0.15) is 4.98 Å². The largest absolute Gasteiger partial charge is 0.456 e. The molecular weight excluding hydrogens is 321 g/mol. The van der Waals surface area contributed by atoms with E-state index in [1.165, 1.54) is 12.3 Å². The first-order valence-electron chi connectivity index (χ1n) is 6.35. The molecule has 0 aliphatic carbocycles. The quantitative estimate of drug-likeness (QED) is 0.567. The number of hydrogen-bond donors (Lipinski definition) is 2. The maximum absolute atomic E-state index is 14.7. The molecule has 8 nitrogen and oxygen atoms in total. The van der Waals surface area contributed by atoms with Crippen molar-refractivity contribution in [3.05, 3.63) is 22.7 Å². The molecule has 1 aliphatic heterocycles. The molecule has 0 radical (unpaired) electrons. The second-order valence-corrected chi connectivity index (χ2v) is 5.15. The summed E-state index contributed by atoms with van der Waals surface area (Å²) >= 11 is 5.76. The molecular formula is C12H15ClFN3O5. The molecule has 0 amide bonds. The van der Waals surface area contributed by atoms with Crippen molar-refractivity contribution in [2.75, 3.05) is 18.2 Å². The fourth-order valence-electron chi connectivity index (χ4n) is 2.27. The van der Waals surface area contributed by atoms with E-state index < -0.39 is 42.4 Å². The summed E-state index contributed by atoms with van der Waals surface area (Å²) in [5.41, 5.74) is 2.88. The number of ether oxygens (including phenoxy) is 2. The summed E-state index contributed by atoms with van der Waals surface area (Å²) in [7, 11) is 0. The van der Waals surface area contributed by atoms with E-state index in [0.29, 0.717) is 0 Å². The molecule has 0 saturated carbocycles. The molecule has 1 aliphatic rings. The van der Waals surface area contributed by atoms with E-state index in [0.717, 1.165) is 11.5 Å². The molecule has 122 valence electrons. The lowest BCUT2D eigenvalue weighted by molar-refractivity contribution is -0.162. The third-order valence-corrected chi connectivity index (χ3v) is 3.80. The third kappa shape index (κ3) is 2.79. The molecule has 1 fully saturated rings. The summed E-state index contributed by atoms with van der Waals surface area (Å²) in [6, 6.07) is 1.29. The van der Waals surface area contributed by atoms with Crippen LogP contribution in [0.5, 0.6) is 0 Å². The highest BCUT2D eigenvalue weighted by molar-refractivity contribution is 6.18. The van der Waals surface area contributed by atoms with Gasteiger partial charge in [0.15, 0.2) is 18.5 Å². The Morgan fingerprint density at radius 2 is 2.41 bits per heavy atom. The number of halogens is 2. The zero-order valence-corrected chi connectivity index (χ0v) is 12.4. The summed E-state index contributed by atoms with van der Waals surface area (Å²) in [4.78, 5) is 26.4. The van der Waals surface area contributed by atoms with Gasteiger partial charge in [0.2, 0.25) is 0 Å². The van der Waals surface area contributed by atoms with Crippen molar-refractivity contribution in [1.82, 2.24) is 9.55 Å². The second-order valence-electron chi connectivity index (χ2n) is 4.88. The summed E-state index contributed by atoms with van der Waals surface area (Å²) in [5.74, 6) is -1.13. The third-order valence-electron chi connectivity index (χ3n) is 3.35. The van der Waals surface area contributed by atoms with E-state index >= 15 is 0 Å². The van der Waals surface area contributed by atoms with Crippen molar-refractivity contribution in [2.45, 2.75) is 31.0 Å². The zero-order valence-electron chi connectivity index (χ0n) is 11.6. The summed E-state index contributed by atoms with van der Waals surface area (Å²) in [5, 5.41) is 9.51. The molecule has 0 bridgehead atoms. The van der Waals surface area contributed by atoms with Crippen molar-refractivity contribution in [1.29, 1.82) is 0 Å². The highest BCUT2D eigenvalue weighted by atomic mass is 35.5. The van der Waals surface area contributed by atoms with Crippen LogP contribution in [0.25, 0.3) is 0 Å². The standard InChI is InChI=1S/C12H15ClFN3O5/c1-6(19)21-9-8(14)10(22-12(9,4-13)5-18)17-3-2-7(15)16-11(17)20/h2-3,8-10,18H,4-5H2,1H3,(H2,15,16,20)/t8-,9+,10-,12-/m1/s1. The molecule has 2 rings (SSSR count). The van der Waals surface area contributed by atoms with Gasteiger partial charge in [0.1, 0.15) is 11.4 Å². The Morgan fingerprint density at radius 1 is 1.73 bits per heavy atom. The van der Waals surface area contributed by atoms with Crippen molar-refractivity contribution in [3.8, 4) is 0 Å². The van der Waals surface area contributed by atoms with Crippen LogP contribution in [0.15, 0.2) is 17.1 Å². The minimum Gasteiger partial charge on any atom is -0.456 e. The second kappa shape index (κ2) is 6.19. The number of nitrogens with two attached hydrogens (primary N) is 1. The van der Waals surface area contributed by atoms with Gasteiger partial charge in [0.25, 0.3) is 0 Å². The number of hydrogen-bond acceptors (Lipinski definition) is 7. The van der Waals surface area contributed by atoms with E-state index in [2.05, 4.69) is 4.98 Å². The minimum atomic E-state index is -1.92. The number of aliphatic hydroxyl groups is 1. The number of carbonyl (C=O) groups excluding carboxylic acids is 1. The Morgan fingerprint density at radius 3 is 2.91 bits per heavy atom.